The van der Waals surface area contributed by atoms with E-state index in [1.807, 2.05) is 0 Å². The molecule has 0 fully saturated rings. The number of rotatable bonds is 30. The Balaban J connectivity index is -0.000000296. The first kappa shape index (κ1) is 56.7. The first-order valence-corrected chi connectivity index (χ1v) is 23.5. The summed E-state index contributed by atoms with van der Waals surface area (Å²) in [7, 11) is -5.39. The van der Waals surface area contributed by atoms with Gasteiger partial charge in [0.2, 0.25) is 0 Å². The van der Waals surface area contributed by atoms with Crippen molar-refractivity contribution in [3.8, 4) is 0 Å². The molecule has 0 aromatic rings. The van der Waals surface area contributed by atoms with Crippen molar-refractivity contribution in [2.75, 3.05) is 78.5 Å². The van der Waals surface area contributed by atoms with Crippen LogP contribution in [0.3, 0.4) is 0 Å². The molecule has 0 aliphatic rings. The molecule has 0 spiro atoms. The molecule has 0 saturated heterocycles. The Labute approximate surface area is 317 Å². The van der Waals surface area contributed by atoms with Crippen molar-refractivity contribution in [3.63, 3.8) is 0 Å². The molecule has 0 heterocycles. The van der Waals surface area contributed by atoms with Crippen molar-refractivity contribution in [3.05, 3.63) is 0 Å². The predicted molar refractivity (Wildman–Crippen MR) is 218 cm³/mol. The fraction of sp³-hybridized carbons (Fsp3) is 1.00. The van der Waals surface area contributed by atoms with Gasteiger partial charge in [0.15, 0.2) is 0 Å². The third-order valence-corrected chi connectivity index (χ3v) is 10.9. The lowest BCUT2D eigenvalue weighted by Gasteiger charge is -2.38. The molecule has 0 aromatic carbocycles. The van der Waals surface area contributed by atoms with Crippen molar-refractivity contribution in [2.45, 2.75) is 199 Å². The van der Waals surface area contributed by atoms with Crippen LogP contribution in [-0.2, 0) is 4.57 Å². The van der Waals surface area contributed by atoms with Gasteiger partial charge in [-0.05, 0) is 78.6 Å². The fourth-order valence-corrected chi connectivity index (χ4v) is 6.87. The van der Waals surface area contributed by atoms with Gasteiger partial charge in [0, 0.05) is 0 Å². The zero-order valence-corrected chi connectivity index (χ0v) is 37.5. The summed E-state index contributed by atoms with van der Waals surface area (Å²) in [5, 5.41) is 0. The van der Waals surface area contributed by atoms with Crippen LogP contribution >= 0.6 is 7.82 Å². The number of unbranched alkanes of at least 4 members (excludes halogenated alkanes) is 9. The summed E-state index contributed by atoms with van der Waals surface area (Å²) in [4.78, 5) is 25.6. The third-order valence-electron chi connectivity index (χ3n) is 10.9. The number of hydrogen-bond acceptors (Lipinski definition) is 4. The fourth-order valence-electron chi connectivity index (χ4n) is 6.87. The van der Waals surface area contributed by atoms with Gasteiger partial charge in [-0.3, -0.25) is 0 Å². The molecule has 0 bridgehead atoms. The Morgan fingerprint density at radius 3 is 0.460 bits per heavy atom. The van der Waals surface area contributed by atoms with E-state index in [9.17, 15) is 0 Å². The quantitative estimate of drug-likeness (QED) is 0.0543. The van der Waals surface area contributed by atoms with Gasteiger partial charge in [-0.15, -0.1) is 0 Å². The molecule has 0 unspecified atom stereocenters. The van der Waals surface area contributed by atoms with Crippen molar-refractivity contribution in [1.29, 1.82) is 0 Å². The second-order valence-corrected chi connectivity index (χ2v) is 16.0. The highest BCUT2D eigenvalue weighted by atomic mass is 31.2. The van der Waals surface area contributed by atoms with Crippen LogP contribution in [0.2, 0.25) is 0 Å². The highest BCUT2D eigenvalue weighted by molar-refractivity contribution is 7.40. The lowest BCUT2D eigenvalue weighted by molar-refractivity contribution is -0.927. The standard InChI is InChI=1S/3C14H32N.H3O4P/c3*1-5-9-12-15(8-4,13-10-6-2)14-11-7-3;1-5(2,3)4/h3*5-14H2,1-4H3;(H3,1,2,3,4)/q3*+1;/p-3. The summed E-state index contributed by atoms with van der Waals surface area (Å²) in [6.07, 6.45) is 24.7. The van der Waals surface area contributed by atoms with E-state index in [-0.39, 0.29) is 0 Å². The first-order valence-electron chi connectivity index (χ1n) is 22.0. The average molecular weight is 738 g/mol. The van der Waals surface area contributed by atoms with E-state index in [4.69, 9.17) is 19.2 Å². The molecule has 0 N–H and O–H groups in total. The minimum atomic E-state index is -5.39. The summed E-state index contributed by atoms with van der Waals surface area (Å²) < 4.78 is 12.7. The molecule has 8 heteroatoms. The summed E-state index contributed by atoms with van der Waals surface area (Å²) in [5.74, 6) is 0. The zero-order chi connectivity index (χ0) is 39.2. The van der Waals surface area contributed by atoms with Crippen LogP contribution in [0.5, 0.6) is 0 Å². The van der Waals surface area contributed by atoms with E-state index in [1.54, 1.807) is 0 Å². The van der Waals surface area contributed by atoms with Gasteiger partial charge >= 0.3 is 0 Å². The maximum atomic E-state index is 8.55. The summed E-state index contributed by atoms with van der Waals surface area (Å²) >= 11 is 0. The van der Waals surface area contributed by atoms with Crippen LogP contribution in [-0.4, -0.2) is 92.0 Å². The second kappa shape index (κ2) is 38.7. The molecule has 50 heavy (non-hydrogen) atoms. The van der Waals surface area contributed by atoms with E-state index >= 15 is 0 Å². The predicted octanol–water partition coefficient (Wildman–Crippen LogP) is 9.85. The van der Waals surface area contributed by atoms with Crippen LogP contribution in [0.1, 0.15) is 199 Å². The average Bonchev–Trinajstić information content (AvgIpc) is 3.11. The molecular weight excluding hydrogens is 641 g/mol. The van der Waals surface area contributed by atoms with Gasteiger partial charge in [0.05, 0.1) is 78.5 Å². The zero-order valence-electron chi connectivity index (χ0n) is 36.6. The van der Waals surface area contributed by atoms with E-state index < -0.39 is 7.82 Å². The smallest absolute Gasteiger partial charge is 0.0786 e. The lowest BCUT2D eigenvalue weighted by Crippen LogP contribution is -2.49. The molecule has 0 amide bonds. The molecule has 308 valence electrons. The lowest BCUT2D eigenvalue weighted by atomic mass is 10.1. The van der Waals surface area contributed by atoms with E-state index in [1.165, 1.54) is 208 Å². The van der Waals surface area contributed by atoms with Crippen LogP contribution in [0, 0.1) is 0 Å². The molecule has 0 atom stereocenters. The SMILES string of the molecule is CCCC[N+](CC)(CCCC)CCCC.CCCC[N+](CC)(CCCC)CCCC.CCCC[N+](CC)(CCCC)CCCC.O=P([O-])([O-])[O-]. The van der Waals surface area contributed by atoms with Crippen LogP contribution < -0.4 is 14.7 Å². The molecule has 7 nitrogen and oxygen atoms in total. The number of nitrogens with zero attached hydrogens (tertiary/aromatic N) is 3. The third kappa shape index (κ3) is 36.4. The van der Waals surface area contributed by atoms with Crippen molar-refractivity contribution in [2.24, 2.45) is 0 Å². The molecular formula is C42H96N3O4P. The van der Waals surface area contributed by atoms with Crippen molar-refractivity contribution >= 4 is 7.82 Å². The Morgan fingerprint density at radius 2 is 0.400 bits per heavy atom. The highest BCUT2D eigenvalue weighted by Crippen LogP contribution is 2.16. The van der Waals surface area contributed by atoms with Crippen LogP contribution in [0.15, 0.2) is 0 Å². The number of hydrogen-bond donors (Lipinski definition) is 0. The van der Waals surface area contributed by atoms with Gasteiger partial charge in [0.25, 0.3) is 0 Å². The first-order chi connectivity index (χ1) is 23.7. The van der Waals surface area contributed by atoms with E-state index in [0.29, 0.717) is 0 Å². The molecule has 0 aliphatic heterocycles. The Bertz CT molecular complexity index is 555. The monoisotopic (exact) mass is 738 g/mol. The van der Waals surface area contributed by atoms with Gasteiger partial charge in [0.1, 0.15) is 0 Å². The molecule has 0 saturated carbocycles. The Kier molecular flexibility index (Phi) is 43.9. The number of quaternary nitrogens is 3. The molecule has 0 aromatic heterocycles. The minimum absolute atomic E-state index is 1.33. The highest BCUT2D eigenvalue weighted by Gasteiger charge is 2.24. The number of phosphoric acid groups is 1. The minimum Gasteiger partial charge on any atom is -0.822 e. The van der Waals surface area contributed by atoms with Gasteiger partial charge in [-0.2, -0.15) is 7.82 Å². The van der Waals surface area contributed by atoms with Crippen LogP contribution in [0.4, 0.5) is 0 Å². The van der Waals surface area contributed by atoms with E-state index in [2.05, 4.69) is 83.1 Å². The maximum Gasteiger partial charge on any atom is 0.0786 e. The topological polar surface area (TPSA) is 86.2 Å². The van der Waals surface area contributed by atoms with Crippen molar-refractivity contribution in [1.82, 2.24) is 0 Å². The Hall–Kier alpha value is -0.0100. The summed E-state index contributed by atoms with van der Waals surface area (Å²) in [5.41, 5.74) is 0. The summed E-state index contributed by atoms with van der Waals surface area (Å²) in [6, 6.07) is 0. The largest absolute Gasteiger partial charge is 0.822 e. The van der Waals surface area contributed by atoms with Crippen molar-refractivity contribution < 1.29 is 32.7 Å². The van der Waals surface area contributed by atoms with Crippen LogP contribution in [0.25, 0.3) is 0 Å². The Morgan fingerprint density at radius 1 is 0.300 bits per heavy atom. The van der Waals surface area contributed by atoms with Gasteiger partial charge in [-0.1, -0.05) is 120 Å². The second-order valence-electron chi connectivity index (χ2n) is 15.1. The molecule has 0 rings (SSSR count). The summed E-state index contributed by atoms with van der Waals surface area (Å²) in [6.45, 7) is 44.6. The van der Waals surface area contributed by atoms with E-state index in [0.717, 1.165) is 0 Å². The maximum absolute atomic E-state index is 8.55. The molecule has 0 radical (unpaired) electrons. The molecule has 0 aliphatic carbocycles. The normalized spacial score (nSPS) is 12.0. The van der Waals surface area contributed by atoms with Gasteiger partial charge < -0.3 is 32.7 Å². The van der Waals surface area contributed by atoms with Gasteiger partial charge in [-0.25, -0.2) is 0 Å².